The lowest BCUT2D eigenvalue weighted by molar-refractivity contribution is 0.0686. The van der Waals surface area contributed by atoms with Gasteiger partial charge in [0.25, 0.3) is 0 Å². The van der Waals surface area contributed by atoms with E-state index in [0.717, 1.165) is 69.0 Å². The molecule has 1 N–H and O–H groups in total. The van der Waals surface area contributed by atoms with Crippen molar-refractivity contribution in [1.29, 1.82) is 0 Å². The highest BCUT2D eigenvalue weighted by atomic mass is 16.5. The lowest BCUT2D eigenvalue weighted by atomic mass is 9.92. The molecule has 1 saturated heterocycles. The first-order valence-corrected chi connectivity index (χ1v) is 10.3. The molecule has 0 bridgehead atoms. The van der Waals surface area contributed by atoms with Gasteiger partial charge in [0.1, 0.15) is 0 Å². The Kier molecular flexibility index (Phi) is 5.12. The summed E-state index contributed by atoms with van der Waals surface area (Å²) in [5, 5.41) is 15.6. The number of aliphatic hydroxyl groups excluding tert-OH is 1. The normalized spacial score (nSPS) is 25.0. The van der Waals surface area contributed by atoms with Gasteiger partial charge < -0.3 is 14.4 Å². The molecule has 0 aromatic carbocycles. The van der Waals surface area contributed by atoms with Gasteiger partial charge >= 0.3 is 0 Å². The van der Waals surface area contributed by atoms with Crippen LogP contribution >= 0.6 is 0 Å². The van der Waals surface area contributed by atoms with Crippen LogP contribution in [-0.4, -0.2) is 43.8 Å². The number of nitrogens with zero attached hydrogens (tertiary/aromatic N) is 4. The van der Waals surface area contributed by atoms with Crippen LogP contribution in [0.15, 0.2) is 18.5 Å². The van der Waals surface area contributed by atoms with Crippen molar-refractivity contribution in [3.05, 3.63) is 24.3 Å². The molecular weight excluding hydrogens is 340 g/mol. The zero-order chi connectivity index (χ0) is 19.0. The van der Waals surface area contributed by atoms with E-state index >= 15 is 0 Å². The average molecular weight is 373 g/mol. The Labute approximate surface area is 161 Å². The van der Waals surface area contributed by atoms with E-state index in [1.54, 1.807) is 0 Å². The zero-order valence-corrected chi connectivity index (χ0v) is 16.8. The largest absolute Gasteiger partial charge is 0.391 e. The van der Waals surface area contributed by atoms with Gasteiger partial charge in [-0.3, -0.25) is 0 Å². The highest BCUT2D eigenvalue weighted by molar-refractivity contribution is 5.54. The Morgan fingerprint density at radius 3 is 2.52 bits per heavy atom. The van der Waals surface area contributed by atoms with Gasteiger partial charge in [-0.15, -0.1) is 0 Å². The van der Waals surface area contributed by atoms with Gasteiger partial charge in [0.05, 0.1) is 12.1 Å². The summed E-state index contributed by atoms with van der Waals surface area (Å²) in [4.78, 5) is 4.98. The van der Waals surface area contributed by atoms with E-state index in [1.165, 1.54) is 0 Å². The minimum atomic E-state index is -0.341. The Hall–Kier alpha value is -1.66. The number of aromatic nitrogens is 4. The fourth-order valence-electron chi connectivity index (χ4n) is 4.22. The van der Waals surface area contributed by atoms with Crippen LogP contribution < -0.4 is 0 Å². The monoisotopic (exact) mass is 372 g/mol. The molecule has 6 nitrogen and oxygen atoms in total. The molecule has 2 aliphatic rings. The Bertz CT molecular complexity index is 767. The highest BCUT2D eigenvalue weighted by Crippen LogP contribution is 2.34. The van der Waals surface area contributed by atoms with Gasteiger partial charge in [-0.2, -0.15) is 5.10 Å². The summed E-state index contributed by atoms with van der Waals surface area (Å²) in [5.74, 6) is 2.16. The van der Waals surface area contributed by atoms with Crippen molar-refractivity contribution < 1.29 is 9.84 Å². The van der Waals surface area contributed by atoms with E-state index in [-0.39, 0.29) is 17.7 Å². The maximum absolute atomic E-state index is 10.6. The molecule has 2 aromatic rings. The van der Waals surface area contributed by atoms with Gasteiger partial charge in [-0.25, -0.2) is 9.67 Å². The lowest BCUT2D eigenvalue weighted by Gasteiger charge is -2.28. The summed E-state index contributed by atoms with van der Waals surface area (Å²) in [6.07, 6.45) is 9.91. The van der Waals surface area contributed by atoms with Crippen LogP contribution in [0, 0.1) is 0 Å². The lowest BCUT2D eigenvalue weighted by Crippen LogP contribution is -2.29. The fourth-order valence-corrected chi connectivity index (χ4v) is 4.22. The molecule has 3 heterocycles. The predicted octanol–water partition coefficient (Wildman–Crippen LogP) is 3.87. The van der Waals surface area contributed by atoms with Crippen molar-refractivity contribution in [3.63, 3.8) is 0 Å². The smallest absolute Gasteiger partial charge is 0.160 e. The number of hydrogen-bond acceptors (Lipinski definition) is 4. The molecule has 2 aromatic heterocycles. The summed E-state index contributed by atoms with van der Waals surface area (Å²) in [5.41, 5.74) is 1.10. The van der Waals surface area contributed by atoms with E-state index in [9.17, 15) is 5.11 Å². The molecular formula is C21H32N4O2. The average Bonchev–Trinajstić information content (AvgIpc) is 3.30. The third-order valence-corrected chi connectivity index (χ3v) is 5.97. The molecule has 0 radical (unpaired) electrons. The Morgan fingerprint density at radius 1 is 1.11 bits per heavy atom. The van der Waals surface area contributed by atoms with Gasteiger partial charge in [0, 0.05) is 42.6 Å². The van der Waals surface area contributed by atoms with Gasteiger partial charge in [-0.1, -0.05) is 12.8 Å². The van der Waals surface area contributed by atoms with Crippen LogP contribution in [0.4, 0.5) is 0 Å². The zero-order valence-electron chi connectivity index (χ0n) is 16.8. The van der Waals surface area contributed by atoms with E-state index in [1.807, 2.05) is 4.68 Å². The number of aliphatic hydroxyl groups is 1. The highest BCUT2D eigenvalue weighted by Gasteiger charge is 2.31. The van der Waals surface area contributed by atoms with Crippen LogP contribution in [0.1, 0.15) is 77.1 Å². The maximum atomic E-state index is 10.6. The van der Waals surface area contributed by atoms with Crippen molar-refractivity contribution in [2.75, 3.05) is 13.2 Å². The SMILES string of the molecule is CC(C)(C)n1ccc(-c2nc(C3CCOCC3)nn2[C@@H]2CCCC[C@H]2O)c1. The summed E-state index contributed by atoms with van der Waals surface area (Å²) in [7, 11) is 0. The van der Waals surface area contributed by atoms with Crippen molar-refractivity contribution in [1.82, 2.24) is 19.3 Å². The minimum absolute atomic E-state index is 0.0211. The minimum Gasteiger partial charge on any atom is -0.391 e. The van der Waals surface area contributed by atoms with Crippen molar-refractivity contribution in [2.24, 2.45) is 0 Å². The Morgan fingerprint density at radius 2 is 1.85 bits per heavy atom. The first kappa shape index (κ1) is 18.7. The number of rotatable bonds is 3. The van der Waals surface area contributed by atoms with Crippen LogP contribution in [-0.2, 0) is 10.3 Å². The fraction of sp³-hybridized carbons (Fsp3) is 0.714. The topological polar surface area (TPSA) is 65.1 Å². The molecule has 0 amide bonds. The van der Waals surface area contributed by atoms with Gasteiger partial charge in [0.2, 0.25) is 0 Å². The second kappa shape index (κ2) is 7.40. The summed E-state index contributed by atoms with van der Waals surface area (Å²) in [6.45, 7) is 8.14. The van der Waals surface area contributed by atoms with Crippen molar-refractivity contribution in [3.8, 4) is 11.4 Å². The predicted molar refractivity (Wildman–Crippen MR) is 105 cm³/mol. The van der Waals surface area contributed by atoms with Gasteiger partial charge in [0.15, 0.2) is 11.6 Å². The van der Waals surface area contributed by atoms with E-state index in [2.05, 4.69) is 43.8 Å². The third kappa shape index (κ3) is 3.83. The van der Waals surface area contributed by atoms with Crippen LogP contribution in [0.2, 0.25) is 0 Å². The van der Waals surface area contributed by atoms with Crippen molar-refractivity contribution >= 4 is 0 Å². The molecule has 27 heavy (non-hydrogen) atoms. The molecule has 0 spiro atoms. The molecule has 6 heteroatoms. The molecule has 2 fully saturated rings. The van der Waals surface area contributed by atoms with E-state index in [0.29, 0.717) is 5.92 Å². The number of hydrogen-bond donors (Lipinski definition) is 1. The molecule has 4 rings (SSSR count). The van der Waals surface area contributed by atoms with Crippen LogP contribution in [0.5, 0.6) is 0 Å². The molecule has 1 saturated carbocycles. The first-order valence-electron chi connectivity index (χ1n) is 10.3. The van der Waals surface area contributed by atoms with Crippen LogP contribution in [0.3, 0.4) is 0 Å². The number of ether oxygens (including phenoxy) is 1. The molecule has 2 atom stereocenters. The molecule has 0 unspecified atom stereocenters. The van der Waals surface area contributed by atoms with E-state index < -0.39 is 0 Å². The van der Waals surface area contributed by atoms with Crippen LogP contribution in [0.25, 0.3) is 11.4 Å². The Balaban J connectivity index is 1.73. The summed E-state index contributed by atoms with van der Waals surface area (Å²) >= 11 is 0. The molecule has 1 aliphatic heterocycles. The maximum Gasteiger partial charge on any atom is 0.160 e. The summed E-state index contributed by atoms with van der Waals surface area (Å²) in [6, 6.07) is 2.14. The second-order valence-electron chi connectivity index (χ2n) is 9.02. The molecule has 148 valence electrons. The molecule has 1 aliphatic carbocycles. The first-order chi connectivity index (χ1) is 12.9. The third-order valence-electron chi connectivity index (χ3n) is 5.97. The second-order valence-corrected chi connectivity index (χ2v) is 9.02. The standard InChI is InChI=1S/C21H32N4O2/c1-21(2,3)24-11-8-16(14-24)20-22-19(15-9-12-27-13-10-15)23-25(20)17-6-4-5-7-18(17)26/h8,11,14-15,17-18,26H,4-7,9-10,12-13H2,1-3H3/t17-,18-/m1/s1. The van der Waals surface area contributed by atoms with Gasteiger partial charge in [-0.05, 0) is 52.5 Å². The van der Waals surface area contributed by atoms with E-state index in [4.69, 9.17) is 14.8 Å². The summed E-state index contributed by atoms with van der Waals surface area (Å²) < 4.78 is 9.75. The quantitative estimate of drug-likeness (QED) is 0.888. The van der Waals surface area contributed by atoms with Crippen molar-refractivity contribution in [2.45, 2.75) is 82.9 Å².